The predicted molar refractivity (Wildman–Crippen MR) is 82.9 cm³/mol. The molecule has 0 saturated heterocycles. The average molecular weight is 341 g/mol. The third kappa shape index (κ3) is 3.50. The Morgan fingerprint density at radius 3 is 2.63 bits per heavy atom. The summed E-state index contributed by atoms with van der Waals surface area (Å²) < 4.78 is 6.87. The van der Waals surface area contributed by atoms with Crippen molar-refractivity contribution >= 4 is 27.5 Å². The quantitative estimate of drug-likeness (QED) is 0.857. The smallest absolute Gasteiger partial charge is 0.133 e. The van der Waals surface area contributed by atoms with Gasteiger partial charge in [0.15, 0.2) is 0 Å². The van der Waals surface area contributed by atoms with Gasteiger partial charge in [0.25, 0.3) is 0 Å². The Hall–Kier alpha value is -1.03. The van der Waals surface area contributed by atoms with Gasteiger partial charge in [-0.1, -0.05) is 40.5 Å². The Morgan fingerprint density at radius 1 is 1.16 bits per heavy atom. The van der Waals surface area contributed by atoms with Crippen molar-refractivity contribution in [3.63, 3.8) is 0 Å². The fourth-order valence-electron chi connectivity index (χ4n) is 1.80. The summed E-state index contributed by atoms with van der Waals surface area (Å²) in [5.41, 5.74) is 7.76. The monoisotopic (exact) mass is 339 g/mol. The maximum Gasteiger partial charge on any atom is 0.133 e. The van der Waals surface area contributed by atoms with Gasteiger partial charge in [0.2, 0.25) is 0 Å². The van der Waals surface area contributed by atoms with Crippen molar-refractivity contribution < 1.29 is 4.74 Å². The molecule has 2 aromatic rings. The van der Waals surface area contributed by atoms with E-state index in [1.54, 1.807) is 0 Å². The molecule has 0 bridgehead atoms. The van der Waals surface area contributed by atoms with Gasteiger partial charge in [-0.25, -0.2) is 0 Å². The van der Waals surface area contributed by atoms with Crippen molar-refractivity contribution in [1.82, 2.24) is 0 Å². The van der Waals surface area contributed by atoms with Gasteiger partial charge in [-0.05, 0) is 42.3 Å². The van der Waals surface area contributed by atoms with Crippen molar-refractivity contribution in [2.45, 2.75) is 19.9 Å². The molecular formula is C15H15BrClNO. The van der Waals surface area contributed by atoms with Crippen LogP contribution < -0.4 is 10.5 Å². The Balaban J connectivity index is 2.33. The van der Waals surface area contributed by atoms with E-state index in [0.717, 1.165) is 38.5 Å². The second kappa shape index (κ2) is 6.42. The van der Waals surface area contributed by atoms with Gasteiger partial charge in [-0.3, -0.25) is 0 Å². The van der Waals surface area contributed by atoms with Crippen LogP contribution in [0.2, 0.25) is 5.02 Å². The molecule has 2 N–H and O–H groups in total. The minimum atomic E-state index is 0.441. The predicted octanol–water partition coefficient (Wildman–Crippen LogP) is 4.92. The molecule has 0 atom stereocenters. The van der Waals surface area contributed by atoms with Gasteiger partial charge in [-0.2, -0.15) is 0 Å². The molecule has 0 amide bonds. The van der Waals surface area contributed by atoms with Crippen LogP contribution in [0.25, 0.3) is 0 Å². The largest absolute Gasteiger partial charge is 0.457 e. The van der Waals surface area contributed by atoms with Crippen LogP contribution in [0.15, 0.2) is 40.9 Å². The summed E-state index contributed by atoms with van der Waals surface area (Å²) in [6, 6.07) is 11.5. The molecule has 4 heteroatoms. The van der Waals surface area contributed by atoms with Crippen LogP contribution in [-0.2, 0) is 13.0 Å². The maximum atomic E-state index is 6.10. The molecule has 2 rings (SSSR count). The fourth-order valence-corrected chi connectivity index (χ4v) is 2.40. The lowest BCUT2D eigenvalue weighted by Gasteiger charge is -2.12. The molecule has 0 aliphatic carbocycles. The highest BCUT2D eigenvalue weighted by Gasteiger charge is 2.06. The van der Waals surface area contributed by atoms with Gasteiger partial charge in [0.1, 0.15) is 11.5 Å². The summed E-state index contributed by atoms with van der Waals surface area (Å²) in [5, 5.41) is 0.767. The Morgan fingerprint density at radius 2 is 1.95 bits per heavy atom. The van der Waals surface area contributed by atoms with Gasteiger partial charge >= 0.3 is 0 Å². The summed E-state index contributed by atoms with van der Waals surface area (Å²) >= 11 is 9.54. The van der Waals surface area contributed by atoms with Crippen LogP contribution in [0.1, 0.15) is 18.1 Å². The lowest BCUT2D eigenvalue weighted by atomic mass is 10.1. The minimum absolute atomic E-state index is 0.441. The van der Waals surface area contributed by atoms with E-state index in [9.17, 15) is 0 Å². The molecule has 100 valence electrons. The standard InChI is InChI=1S/C15H15BrClNO/c1-2-10-7-13(5-6-14(10)17)19-15-8-12(16)4-3-11(15)9-18/h3-8H,2,9,18H2,1H3. The lowest BCUT2D eigenvalue weighted by molar-refractivity contribution is 0.475. The highest BCUT2D eigenvalue weighted by atomic mass is 79.9. The summed E-state index contributed by atoms with van der Waals surface area (Å²) in [6.07, 6.45) is 0.873. The van der Waals surface area contributed by atoms with E-state index in [1.165, 1.54) is 0 Å². The van der Waals surface area contributed by atoms with Gasteiger partial charge in [0.05, 0.1) is 0 Å². The van der Waals surface area contributed by atoms with E-state index in [1.807, 2.05) is 36.4 Å². The van der Waals surface area contributed by atoms with Crippen LogP contribution in [0, 0.1) is 0 Å². The first-order chi connectivity index (χ1) is 9.13. The highest BCUT2D eigenvalue weighted by molar-refractivity contribution is 9.10. The van der Waals surface area contributed by atoms with Gasteiger partial charge in [0, 0.05) is 21.6 Å². The highest BCUT2D eigenvalue weighted by Crippen LogP contribution is 2.30. The summed E-state index contributed by atoms with van der Waals surface area (Å²) in [4.78, 5) is 0. The van der Waals surface area contributed by atoms with E-state index < -0.39 is 0 Å². The van der Waals surface area contributed by atoms with E-state index in [4.69, 9.17) is 22.1 Å². The number of benzene rings is 2. The van der Waals surface area contributed by atoms with Crippen LogP contribution in [0.4, 0.5) is 0 Å². The molecule has 0 unspecified atom stereocenters. The number of aryl methyl sites for hydroxylation is 1. The fraction of sp³-hybridized carbons (Fsp3) is 0.200. The lowest BCUT2D eigenvalue weighted by Crippen LogP contribution is -1.99. The molecule has 0 saturated carbocycles. The molecular weight excluding hydrogens is 326 g/mol. The van der Waals surface area contributed by atoms with Crippen molar-refractivity contribution in [2.75, 3.05) is 0 Å². The average Bonchev–Trinajstić information content (AvgIpc) is 2.41. The molecule has 0 aliphatic rings. The minimum Gasteiger partial charge on any atom is -0.457 e. The van der Waals surface area contributed by atoms with Crippen molar-refractivity contribution in [3.05, 3.63) is 57.0 Å². The second-order valence-corrected chi connectivity index (χ2v) is 5.49. The van der Waals surface area contributed by atoms with Crippen LogP contribution in [0.5, 0.6) is 11.5 Å². The van der Waals surface area contributed by atoms with Gasteiger partial charge in [-0.15, -0.1) is 0 Å². The van der Waals surface area contributed by atoms with E-state index in [-0.39, 0.29) is 0 Å². The normalized spacial score (nSPS) is 10.5. The second-order valence-electron chi connectivity index (χ2n) is 4.17. The molecule has 0 radical (unpaired) electrons. The zero-order chi connectivity index (χ0) is 13.8. The third-order valence-electron chi connectivity index (χ3n) is 2.88. The zero-order valence-electron chi connectivity index (χ0n) is 10.6. The molecule has 0 aromatic heterocycles. The van der Waals surface area contributed by atoms with E-state index >= 15 is 0 Å². The van der Waals surface area contributed by atoms with Crippen molar-refractivity contribution in [1.29, 1.82) is 0 Å². The molecule has 0 spiro atoms. The van der Waals surface area contributed by atoms with E-state index in [2.05, 4.69) is 22.9 Å². The summed E-state index contributed by atoms with van der Waals surface area (Å²) in [5.74, 6) is 1.54. The Kier molecular flexibility index (Phi) is 4.86. The van der Waals surface area contributed by atoms with Crippen LogP contribution in [0.3, 0.4) is 0 Å². The molecule has 0 fully saturated rings. The summed E-state index contributed by atoms with van der Waals surface area (Å²) in [6.45, 7) is 2.51. The molecule has 2 nitrogen and oxygen atoms in total. The SMILES string of the molecule is CCc1cc(Oc2cc(Br)ccc2CN)ccc1Cl. The Bertz CT molecular complexity index is 586. The number of hydrogen-bond donors (Lipinski definition) is 1. The molecule has 0 heterocycles. The topological polar surface area (TPSA) is 35.2 Å². The number of halogens is 2. The molecule has 2 aromatic carbocycles. The maximum absolute atomic E-state index is 6.10. The molecule has 0 aliphatic heterocycles. The first-order valence-electron chi connectivity index (χ1n) is 6.08. The number of ether oxygens (including phenoxy) is 1. The van der Waals surface area contributed by atoms with Gasteiger partial charge < -0.3 is 10.5 Å². The third-order valence-corrected chi connectivity index (χ3v) is 3.74. The van der Waals surface area contributed by atoms with E-state index in [0.29, 0.717) is 6.54 Å². The number of hydrogen-bond acceptors (Lipinski definition) is 2. The zero-order valence-corrected chi connectivity index (χ0v) is 13.0. The number of rotatable bonds is 4. The number of nitrogens with two attached hydrogens (primary N) is 1. The van der Waals surface area contributed by atoms with Crippen LogP contribution >= 0.6 is 27.5 Å². The Labute approximate surface area is 126 Å². The van der Waals surface area contributed by atoms with Crippen molar-refractivity contribution in [3.8, 4) is 11.5 Å². The van der Waals surface area contributed by atoms with Crippen molar-refractivity contribution in [2.24, 2.45) is 5.73 Å². The van der Waals surface area contributed by atoms with Crippen LogP contribution in [-0.4, -0.2) is 0 Å². The first-order valence-corrected chi connectivity index (χ1v) is 7.26. The first kappa shape index (κ1) is 14.4. The summed E-state index contributed by atoms with van der Waals surface area (Å²) in [7, 11) is 0. The molecule has 19 heavy (non-hydrogen) atoms.